The number of fused-ring (bicyclic) bond motifs is 2. The Morgan fingerprint density at radius 2 is 1.87 bits per heavy atom. The topological polar surface area (TPSA) is 190 Å². The van der Waals surface area contributed by atoms with Crippen molar-refractivity contribution in [1.82, 2.24) is 25.1 Å². The summed E-state index contributed by atoms with van der Waals surface area (Å²) in [7, 11) is 1.50. The van der Waals surface area contributed by atoms with Gasteiger partial charge in [0.1, 0.15) is 17.1 Å². The van der Waals surface area contributed by atoms with Crippen LogP contribution in [0.3, 0.4) is 0 Å². The quantitative estimate of drug-likeness (QED) is 0.206. The number of aromatic amines is 1. The number of aromatic nitrogens is 2. The van der Waals surface area contributed by atoms with Crippen molar-refractivity contribution in [1.29, 1.82) is 0 Å². The molecule has 2 aliphatic rings. The average Bonchev–Trinajstić information content (AvgIpc) is 3.62. The number of hydrogen-bond acceptors (Lipinski definition) is 10. The molecule has 1 saturated heterocycles. The Kier molecular flexibility index (Phi) is 6.87. The summed E-state index contributed by atoms with van der Waals surface area (Å²) in [5.41, 5.74) is 4.94. The first-order valence-corrected chi connectivity index (χ1v) is 14.0. The van der Waals surface area contributed by atoms with Crippen molar-refractivity contribution in [2.24, 2.45) is 5.41 Å². The highest BCUT2D eigenvalue weighted by Gasteiger charge is 2.57. The number of carbonyl (C=O) groups excluding carboxylic acids is 4. The van der Waals surface area contributed by atoms with Gasteiger partial charge in [0.15, 0.2) is 12.3 Å². The third-order valence-electron chi connectivity index (χ3n) is 7.73. The normalized spacial score (nSPS) is 18.0. The minimum Gasteiger partial charge on any atom is -0.497 e. The summed E-state index contributed by atoms with van der Waals surface area (Å²) in [4.78, 5) is 74.3. The molecule has 45 heavy (non-hydrogen) atoms. The van der Waals surface area contributed by atoms with Crippen molar-refractivity contribution >= 4 is 40.7 Å². The van der Waals surface area contributed by atoms with Crippen LogP contribution in [0.4, 0.5) is 10.7 Å². The standard InChI is InChI=1S/C31H30N6O8/c1-30(2,3)27(41)44-15-37-26(40)31(35-29(37)42,14-36-13-17-5-7-19(43-4)11-20(17)25(36)39)23-10-18-9-16(6-8-22(18)45-23)21-12-24(38)34-28(32)33-21/h5-12H,13-15H2,1-4H3,(H,35,42)(H3,32,33,34,38)/t31-/m0/s1. The van der Waals surface area contributed by atoms with Crippen LogP contribution in [0.5, 0.6) is 5.75 Å². The molecule has 0 spiro atoms. The number of carbonyl (C=O) groups is 4. The number of ether oxygens (including phenoxy) is 2. The number of nitrogens with two attached hydrogens (primary N) is 1. The van der Waals surface area contributed by atoms with Crippen LogP contribution in [-0.2, 0) is 26.4 Å². The Morgan fingerprint density at radius 1 is 1.09 bits per heavy atom. The smallest absolute Gasteiger partial charge is 0.328 e. The van der Waals surface area contributed by atoms with Gasteiger partial charge in [0.25, 0.3) is 17.4 Å². The van der Waals surface area contributed by atoms with E-state index in [0.717, 1.165) is 10.5 Å². The van der Waals surface area contributed by atoms with E-state index in [9.17, 15) is 24.0 Å². The van der Waals surface area contributed by atoms with Crippen molar-refractivity contribution in [2.75, 3.05) is 26.1 Å². The molecule has 2 aliphatic heterocycles. The molecule has 2 aromatic carbocycles. The predicted octanol–water partition coefficient (Wildman–Crippen LogP) is 2.72. The van der Waals surface area contributed by atoms with E-state index in [0.29, 0.717) is 33.5 Å². The molecule has 4 amide bonds. The van der Waals surface area contributed by atoms with Gasteiger partial charge in [-0.2, -0.15) is 0 Å². The molecule has 1 atom stereocenters. The van der Waals surface area contributed by atoms with Gasteiger partial charge in [-0.15, -0.1) is 0 Å². The fraction of sp³-hybridized carbons (Fsp3) is 0.290. The first-order chi connectivity index (χ1) is 21.3. The summed E-state index contributed by atoms with van der Waals surface area (Å²) >= 11 is 0. The fourth-order valence-corrected chi connectivity index (χ4v) is 5.35. The summed E-state index contributed by atoms with van der Waals surface area (Å²) in [6.07, 6.45) is 0. The van der Waals surface area contributed by atoms with E-state index < -0.39 is 41.2 Å². The largest absolute Gasteiger partial charge is 0.497 e. The van der Waals surface area contributed by atoms with Crippen LogP contribution in [0.1, 0.15) is 42.5 Å². The van der Waals surface area contributed by atoms with Crippen LogP contribution < -0.4 is 21.3 Å². The van der Waals surface area contributed by atoms with Gasteiger partial charge in [0.2, 0.25) is 5.95 Å². The van der Waals surface area contributed by atoms with Crippen LogP contribution in [0.2, 0.25) is 0 Å². The second-order valence-corrected chi connectivity index (χ2v) is 11.9. The lowest BCUT2D eigenvalue weighted by Crippen LogP contribution is -2.52. The number of methoxy groups -OCH3 is 1. The van der Waals surface area contributed by atoms with Crippen molar-refractivity contribution < 1.29 is 33.1 Å². The number of amides is 4. The second-order valence-electron chi connectivity index (χ2n) is 11.9. The molecule has 14 nitrogen and oxygen atoms in total. The van der Waals surface area contributed by atoms with Crippen molar-refractivity contribution in [2.45, 2.75) is 32.9 Å². The Bertz CT molecular complexity index is 1960. The average molecular weight is 615 g/mol. The Morgan fingerprint density at radius 3 is 2.58 bits per heavy atom. The fourth-order valence-electron chi connectivity index (χ4n) is 5.35. The lowest BCUT2D eigenvalue weighted by Gasteiger charge is -2.29. The Hall–Kier alpha value is -5.66. The van der Waals surface area contributed by atoms with Gasteiger partial charge in [-0.25, -0.2) is 14.7 Å². The lowest BCUT2D eigenvalue weighted by atomic mass is 9.94. The maximum atomic E-state index is 14.2. The first kappa shape index (κ1) is 29.4. The third-order valence-corrected chi connectivity index (χ3v) is 7.73. The molecule has 0 bridgehead atoms. The number of furan rings is 1. The maximum absolute atomic E-state index is 14.2. The Balaban J connectivity index is 1.40. The number of urea groups is 1. The summed E-state index contributed by atoms with van der Waals surface area (Å²) in [6, 6.07) is 12.2. The minimum atomic E-state index is -1.86. The van der Waals surface area contributed by atoms with Gasteiger partial charge < -0.3 is 29.8 Å². The van der Waals surface area contributed by atoms with Gasteiger partial charge >= 0.3 is 12.0 Å². The number of H-pyrrole nitrogens is 1. The van der Waals surface area contributed by atoms with Gasteiger partial charge in [-0.3, -0.25) is 24.2 Å². The summed E-state index contributed by atoms with van der Waals surface area (Å²) in [5.74, 6) is -1.23. The second kappa shape index (κ2) is 10.5. The third kappa shape index (κ3) is 5.13. The SMILES string of the molecule is COc1ccc2c(c1)C(=O)N(C[C@@]1(c3cc4cc(-c5cc(=O)[nH]c(N)n5)ccc4o3)NC(=O)N(COC(=O)C(C)(C)C)C1=O)C2. The number of nitrogens with one attached hydrogen (secondary N) is 2. The summed E-state index contributed by atoms with van der Waals surface area (Å²) in [5, 5.41) is 3.25. The van der Waals surface area contributed by atoms with E-state index in [-0.39, 0.29) is 30.7 Å². The molecule has 0 radical (unpaired) electrons. The number of nitrogens with zero attached hydrogens (tertiary/aromatic N) is 3. The number of esters is 1. The zero-order chi connectivity index (χ0) is 32.3. The number of anilines is 1. The molecular formula is C31H30N6O8. The van der Waals surface area contributed by atoms with E-state index in [1.54, 1.807) is 63.2 Å². The van der Waals surface area contributed by atoms with E-state index in [1.165, 1.54) is 18.1 Å². The minimum absolute atomic E-state index is 0.0511. The zero-order valence-corrected chi connectivity index (χ0v) is 24.9. The summed E-state index contributed by atoms with van der Waals surface area (Å²) in [6.45, 7) is 4.20. The van der Waals surface area contributed by atoms with E-state index >= 15 is 0 Å². The molecule has 232 valence electrons. The number of nitrogen functional groups attached to an aromatic ring is 1. The van der Waals surface area contributed by atoms with Crippen LogP contribution in [-0.4, -0.2) is 64.0 Å². The van der Waals surface area contributed by atoms with Crippen LogP contribution in [0, 0.1) is 5.41 Å². The van der Waals surface area contributed by atoms with Crippen molar-refractivity contribution in [3.63, 3.8) is 0 Å². The van der Waals surface area contributed by atoms with E-state index in [2.05, 4.69) is 15.3 Å². The van der Waals surface area contributed by atoms with Crippen LogP contribution >= 0.6 is 0 Å². The highest BCUT2D eigenvalue weighted by molar-refractivity contribution is 6.08. The molecule has 0 saturated carbocycles. The number of rotatable bonds is 7. The highest BCUT2D eigenvalue weighted by Crippen LogP contribution is 2.38. The van der Waals surface area contributed by atoms with Crippen LogP contribution in [0.15, 0.2) is 57.7 Å². The molecule has 6 rings (SSSR count). The molecule has 4 heterocycles. The zero-order valence-electron chi connectivity index (χ0n) is 24.9. The molecule has 1 fully saturated rings. The van der Waals surface area contributed by atoms with Gasteiger partial charge in [0, 0.05) is 29.1 Å². The predicted molar refractivity (Wildman–Crippen MR) is 160 cm³/mol. The van der Waals surface area contributed by atoms with Crippen LogP contribution in [0.25, 0.3) is 22.2 Å². The maximum Gasteiger partial charge on any atom is 0.328 e. The van der Waals surface area contributed by atoms with Crippen molar-refractivity contribution in [3.8, 4) is 17.0 Å². The van der Waals surface area contributed by atoms with E-state index in [1.807, 2.05) is 0 Å². The molecular weight excluding hydrogens is 584 g/mol. The van der Waals surface area contributed by atoms with Gasteiger partial charge in [-0.1, -0.05) is 6.07 Å². The highest BCUT2D eigenvalue weighted by atomic mass is 16.5. The first-order valence-electron chi connectivity index (χ1n) is 14.0. The number of hydrogen-bond donors (Lipinski definition) is 3. The number of benzene rings is 2. The Labute approximate surface area is 256 Å². The molecule has 2 aromatic heterocycles. The number of imide groups is 1. The lowest BCUT2D eigenvalue weighted by molar-refractivity contribution is -0.158. The molecule has 0 unspecified atom stereocenters. The molecule has 4 aromatic rings. The van der Waals surface area contributed by atoms with Crippen molar-refractivity contribution in [3.05, 3.63) is 75.8 Å². The van der Waals surface area contributed by atoms with Gasteiger partial charge in [-0.05, 0) is 62.7 Å². The van der Waals surface area contributed by atoms with E-state index in [4.69, 9.17) is 19.6 Å². The molecule has 0 aliphatic carbocycles. The monoisotopic (exact) mass is 614 g/mol. The van der Waals surface area contributed by atoms with Gasteiger partial charge in [0.05, 0.1) is 24.8 Å². The summed E-state index contributed by atoms with van der Waals surface area (Å²) < 4.78 is 16.7. The molecule has 14 heteroatoms. The molecule has 4 N–H and O–H groups in total.